The highest BCUT2D eigenvalue weighted by Crippen LogP contribution is 2.26. The van der Waals surface area contributed by atoms with Gasteiger partial charge in [-0.25, -0.2) is 4.98 Å². The molecule has 98 valence electrons. The van der Waals surface area contributed by atoms with Crippen LogP contribution in [0.15, 0.2) is 18.2 Å². The molecule has 1 saturated heterocycles. The zero-order valence-corrected chi connectivity index (χ0v) is 10.9. The fourth-order valence-corrected chi connectivity index (χ4v) is 3.54. The Bertz CT molecular complexity index is 646. The van der Waals surface area contributed by atoms with Crippen LogP contribution in [-0.2, 0) is 13.0 Å². The Morgan fingerprint density at radius 2 is 2.21 bits per heavy atom. The first-order valence-corrected chi connectivity index (χ1v) is 7.03. The first kappa shape index (κ1) is 11.2. The van der Waals surface area contributed by atoms with Crippen molar-refractivity contribution in [1.29, 1.82) is 0 Å². The van der Waals surface area contributed by atoms with E-state index in [1.54, 1.807) is 0 Å². The SMILES string of the molecule is O=Cc1ccc2c(c1)nc1n2CCN2CCCC2C1. The molecule has 0 aliphatic carbocycles. The van der Waals surface area contributed by atoms with Gasteiger partial charge < -0.3 is 4.57 Å². The van der Waals surface area contributed by atoms with E-state index in [0.717, 1.165) is 31.3 Å². The van der Waals surface area contributed by atoms with Crippen molar-refractivity contribution in [2.24, 2.45) is 0 Å². The van der Waals surface area contributed by atoms with Crippen molar-refractivity contribution in [3.63, 3.8) is 0 Å². The Kier molecular flexibility index (Phi) is 2.45. The Balaban J connectivity index is 1.81. The van der Waals surface area contributed by atoms with E-state index in [-0.39, 0.29) is 0 Å². The van der Waals surface area contributed by atoms with Gasteiger partial charge in [0.05, 0.1) is 11.0 Å². The second-order valence-corrected chi connectivity index (χ2v) is 5.58. The first-order valence-electron chi connectivity index (χ1n) is 7.03. The highest BCUT2D eigenvalue weighted by molar-refractivity contribution is 5.85. The summed E-state index contributed by atoms with van der Waals surface area (Å²) in [6.45, 7) is 3.38. The molecular formula is C15H17N3O. The number of carbonyl (C=O) groups excluding carboxylic acids is 1. The number of aromatic nitrogens is 2. The van der Waals surface area contributed by atoms with Crippen molar-refractivity contribution in [3.8, 4) is 0 Å². The number of aldehydes is 1. The van der Waals surface area contributed by atoms with E-state index >= 15 is 0 Å². The van der Waals surface area contributed by atoms with Crippen LogP contribution in [-0.4, -0.2) is 39.9 Å². The molecule has 2 aliphatic heterocycles. The number of nitrogens with zero attached hydrogens (tertiary/aromatic N) is 3. The number of benzene rings is 1. The van der Waals surface area contributed by atoms with Gasteiger partial charge in [-0.05, 0) is 37.6 Å². The van der Waals surface area contributed by atoms with Gasteiger partial charge in [0.1, 0.15) is 12.1 Å². The van der Waals surface area contributed by atoms with Crippen LogP contribution in [0.25, 0.3) is 11.0 Å². The quantitative estimate of drug-likeness (QED) is 0.730. The van der Waals surface area contributed by atoms with Crippen LogP contribution >= 0.6 is 0 Å². The summed E-state index contributed by atoms with van der Waals surface area (Å²) in [6.07, 6.45) is 4.55. The lowest BCUT2D eigenvalue weighted by atomic mass is 10.1. The third-order valence-corrected chi connectivity index (χ3v) is 4.52. The summed E-state index contributed by atoms with van der Waals surface area (Å²) in [5.74, 6) is 1.19. The minimum absolute atomic E-state index is 0.670. The smallest absolute Gasteiger partial charge is 0.150 e. The normalized spacial score (nSPS) is 23.1. The standard InChI is InChI=1S/C15H17N3O/c19-10-11-3-4-14-13(8-11)16-15-9-12-2-1-5-17(12)6-7-18(14)15/h3-4,8,10,12H,1-2,5-7,9H2. The third-order valence-electron chi connectivity index (χ3n) is 4.52. The summed E-state index contributed by atoms with van der Waals surface area (Å²) in [5, 5.41) is 0. The molecule has 1 aromatic heterocycles. The van der Waals surface area contributed by atoms with Gasteiger partial charge in [0, 0.05) is 31.1 Å². The van der Waals surface area contributed by atoms with E-state index in [1.165, 1.54) is 30.7 Å². The van der Waals surface area contributed by atoms with Crippen molar-refractivity contribution in [1.82, 2.24) is 14.5 Å². The molecule has 4 nitrogen and oxygen atoms in total. The largest absolute Gasteiger partial charge is 0.327 e. The fourth-order valence-electron chi connectivity index (χ4n) is 3.54. The molecule has 1 unspecified atom stereocenters. The summed E-state index contributed by atoms with van der Waals surface area (Å²) < 4.78 is 2.34. The Morgan fingerprint density at radius 3 is 3.11 bits per heavy atom. The minimum Gasteiger partial charge on any atom is -0.327 e. The highest BCUT2D eigenvalue weighted by Gasteiger charge is 2.29. The molecule has 3 heterocycles. The maximum absolute atomic E-state index is 10.9. The predicted molar refractivity (Wildman–Crippen MR) is 73.4 cm³/mol. The molecule has 0 saturated carbocycles. The third kappa shape index (κ3) is 1.70. The average Bonchev–Trinajstić information content (AvgIpc) is 2.97. The maximum Gasteiger partial charge on any atom is 0.150 e. The summed E-state index contributed by atoms with van der Waals surface area (Å²) >= 11 is 0. The van der Waals surface area contributed by atoms with Crippen molar-refractivity contribution in [3.05, 3.63) is 29.6 Å². The molecule has 2 aromatic rings. The van der Waals surface area contributed by atoms with Gasteiger partial charge in [-0.3, -0.25) is 9.69 Å². The first-order chi connectivity index (χ1) is 9.35. The van der Waals surface area contributed by atoms with E-state index < -0.39 is 0 Å². The van der Waals surface area contributed by atoms with Gasteiger partial charge in [0.15, 0.2) is 0 Å². The van der Waals surface area contributed by atoms with Gasteiger partial charge in [0.25, 0.3) is 0 Å². The van der Waals surface area contributed by atoms with Gasteiger partial charge in [0.2, 0.25) is 0 Å². The molecule has 2 aliphatic rings. The van der Waals surface area contributed by atoms with Gasteiger partial charge >= 0.3 is 0 Å². The number of hydrogen-bond donors (Lipinski definition) is 0. The monoisotopic (exact) mass is 255 g/mol. The van der Waals surface area contributed by atoms with E-state index in [0.29, 0.717) is 11.6 Å². The molecule has 0 spiro atoms. The number of rotatable bonds is 1. The van der Waals surface area contributed by atoms with Crippen molar-refractivity contribution < 1.29 is 4.79 Å². The van der Waals surface area contributed by atoms with E-state index in [2.05, 4.69) is 9.47 Å². The van der Waals surface area contributed by atoms with Crippen LogP contribution in [0.5, 0.6) is 0 Å². The topological polar surface area (TPSA) is 38.1 Å². The van der Waals surface area contributed by atoms with Gasteiger partial charge in [-0.15, -0.1) is 0 Å². The molecular weight excluding hydrogens is 238 g/mol. The molecule has 1 atom stereocenters. The van der Waals surface area contributed by atoms with Crippen LogP contribution in [0.3, 0.4) is 0 Å². The average molecular weight is 255 g/mol. The molecule has 0 amide bonds. The van der Waals surface area contributed by atoms with Crippen molar-refractivity contribution in [2.75, 3.05) is 13.1 Å². The van der Waals surface area contributed by atoms with E-state index in [4.69, 9.17) is 4.98 Å². The number of imidazole rings is 1. The molecule has 4 heteroatoms. The molecule has 0 bridgehead atoms. The lowest BCUT2D eigenvalue weighted by molar-refractivity contribution is 0.112. The molecule has 1 aromatic carbocycles. The van der Waals surface area contributed by atoms with Crippen LogP contribution in [0, 0.1) is 0 Å². The maximum atomic E-state index is 10.9. The van der Waals surface area contributed by atoms with Gasteiger partial charge in [-0.2, -0.15) is 0 Å². The predicted octanol–water partition coefficient (Wildman–Crippen LogP) is 1.87. The lowest BCUT2D eigenvalue weighted by Gasteiger charge is -2.20. The Hall–Kier alpha value is -1.68. The van der Waals surface area contributed by atoms with Crippen molar-refractivity contribution in [2.45, 2.75) is 31.8 Å². The summed E-state index contributed by atoms with van der Waals surface area (Å²) in [4.78, 5) is 18.2. The zero-order valence-electron chi connectivity index (χ0n) is 10.9. The number of hydrogen-bond acceptors (Lipinski definition) is 3. The molecule has 1 fully saturated rings. The second-order valence-electron chi connectivity index (χ2n) is 5.58. The molecule has 19 heavy (non-hydrogen) atoms. The fraction of sp³-hybridized carbons (Fsp3) is 0.467. The summed E-state index contributed by atoms with van der Waals surface area (Å²) in [6, 6.07) is 6.49. The summed E-state index contributed by atoms with van der Waals surface area (Å²) in [7, 11) is 0. The van der Waals surface area contributed by atoms with Crippen LogP contribution in [0.1, 0.15) is 29.0 Å². The van der Waals surface area contributed by atoms with Crippen LogP contribution < -0.4 is 0 Å². The zero-order chi connectivity index (χ0) is 12.8. The lowest BCUT2D eigenvalue weighted by Crippen LogP contribution is -2.30. The van der Waals surface area contributed by atoms with Crippen LogP contribution in [0.2, 0.25) is 0 Å². The highest BCUT2D eigenvalue weighted by atomic mass is 16.1. The van der Waals surface area contributed by atoms with Crippen LogP contribution in [0.4, 0.5) is 0 Å². The van der Waals surface area contributed by atoms with Crippen molar-refractivity contribution >= 4 is 17.3 Å². The number of carbonyl (C=O) groups is 1. The number of fused-ring (bicyclic) bond motifs is 4. The molecule has 0 radical (unpaired) electrons. The minimum atomic E-state index is 0.670. The summed E-state index contributed by atoms with van der Waals surface area (Å²) in [5.41, 5.74) is 2.84. The van der Waals surface area contributed by atoms with E-state index in [9.17, 15) is 4.79 Å². The van der Waals surface area contributed by atoms with E-state index in [1.807, 2.05) is 18.2 Å². The molecule has 4 rings (SSSR count). The molecule has 0 N–H and O–H groups in total. The second kappa shape index (κ2) is 4.17. The Labute approximate surface area is 112 Å². The Morgan fingerprint density at radius 1 is 1.26 bits per heavy atom. The van der Waals surface area contributed by atoms with Gasteiger partial charge in [-0.1, -0.05) is 0 Å².